The average Bonchev–Trinajstić information content (AvgIpc) is 2.16. The summed E-state index contributed by atoms with van der Waals surface area (Å²) in [6.45, 7) is 0. The van der Waals surface area contributed by atoms with E-state index in [-0.39, 0.29) is 22.0 Å². The first-order valence-corrected chi connectivity index (χ1v) is 3.90. The first-order chi connectivity index (χ1) is 6.61. The topological polar surface area (TPSA) is 76.2 Å². The predicted molar refractivity (Wildman–Crippen MR) is 49.4 cm³/mol. The van der Waals surface area contributed by atoms with Crippen LogP contribution in [0.4, 0.5) is 5.69 Å². The van der Waals surface area contributed by atoms with E-state index in [1.807, 2.05) is 6.07 Å². The highest BCUT2D eigenvalue weighted by Gasteiger charge is 2.19. The highest BCUT2D eigenvalue weighted by molar-refractivity contribution is 6.34. The minimum Gasteiger partial charge on any atom is -0.494 e. The van der Waals surface area contributed by atoms with Gasteiger partial charge in [0.1, 0.15) is 6.07 Å². The predicted octanol–water partition coefficient (Wildman–Crippen LogP) is 2.13. The molecule has 0 aliphatic heterocycles. The Bertz CT molecular complexity index is 425. The number of nitriles is 1. The summed E-state index contributed by atoms with van der Waals surface area (Å²) >= 11 is 5.67. The van der Waals surface area contributed by atoms with Crippen LogP contribution in [0.25, 0.3) is 0 Å². The molecule has 0 unspecified atom stereocenters. The van der Waals surface area contributed by atoms with Crippen LogP contribution in [-0.4, -0.2) is 12.0 Å². The number of ether oxygens (including phenoxy) is 1. The van der Waals surface area contributed by atoms with Crippen molar-refractivity contribution in [1.82, 2.24) is 0 Å². The maximum absolute atomic E-state index is 10.5. The molecule has 14 heavy (non-hydrogen) atoms. The monoisotopic (exact) mass is 212 g/mol. The smallest absolute Gasteiger partial charge is 0.291 e. The Balaban J connectivity index is 3.44. The van der Waals surface area contributed by atoms with Crippen LogP contribution in [0.3, 0.4) is 0 Å². The fourth-order valence-electron chi connectivity index (χ4n) is 0.974. The number of hydrogen-bond acceptors (Lipinski definition) is 4. The zero-order valence-corrected chi connectivity index (χ0v) is 7.91. The van der Waals surface area contributed by atoms with Gasteiger partial charge in [-0.25, -0.2) is 0 Å². The summed E-state index contributed by atoms with van der Waals surface area (Å²) < 4.78 is 4.80. The van der Waals surface area contributed by atoms with Crippen LogP contribution < -0.4 is 4.74 Å². The summed E-state index contributed by atoms with van der Waals surface area (Å²) in [5.74, 6) is 0.0309. The molecule has 0 aromatic heterocycles. The Hall–Kier alpha value is -1.80. The van der Waals surface area contributed by atoms with Crippen molar-refractivity contribution in [3.05, 3.63) is 32.8 Å². The number of nitro benzene ring substituents is 1. The van der Waals surface area contributed by atoms with E-state index in [9.17, 15) is 10.1 Å². The molecule has 72 valence electrons. The van der Waals surface area contributed by atoms with Crippen LogP contribution in [-0.2, 0) is 0 Å². The lowest BCUT2D eigenvalue weighted by molar-refractivity contribution is -0.384. The molecule has 0 heterocycles. The number of benzene rings is 1. The van der Waals surface area contributed by atoms with E-state index < -0.39 is 4.92 Å². The van der Waals surface area contributed by atoms with E-state index in [2.05, 4.69) is 0 Å². The minimum absolute atomic E-state index is 0.0309. The van der Waals surface area contributed by atoms with Crippen LogP contribution >= 0.6 is 11.6 Å². The Morgan fingerprint density at radius 1 is 1.64 bits per heavy atom. The van der Waals surface area contributed by atoms with E-state index in [1.165, 1.54) is 19.2 Å². The van der Waals surface area contributed by atoms with Crippen molar-refractivity contribution in [1.29, 1.82) is 5.26 Å². The lowest BCUT2D eigenvalue weighted by Crippen LogP contribution is -1.94. The SMILES string of the molecule is COc1c(C#N)ccc([N+](=O)[O-])c1Cl. The standard InChI is InChI=1S/C8H5ClN2O3/c1-14-8-5(4-10)2-3-6(7(8)9)11(12)13/h2-3H,1H3. The number of nitro groups is 1. The lowest BCUT2D eigenvalue weighted by atomic mass is 10.2. The Kier molecular flexibility index (Phi) is 2.89. The second kappa shape index (κ2) is 3.94. The summed E-state index contributed by atoms with van der Waals surface area (Å²) in [7, 11) is 1.30. The minimum atomic E-state index is -0.633. The summed E-state index contributed by atoms with van der Waals surface area (Å²) in [4.78, 5) is 9.84. The first-order valence-electron chi connectivity index (χ1n) is 3.52. The molecule has 0 fully saturated rings. The zero-order valence-electron chi connectivity index (χ0n) is 7.15. The van der Waals surface area contributed by atoms with Gasteiger partial charge in [0.25, 0.3) is 5.69 Å². The molecule has 0 aliphatic carbocycles. The average molecular weight is 213 g/mol. The molecule has 0 saturated carbocycles. The van der Waals surface area contributed by atoms with Crippen molar-refractivity contribution in [3.8, 4) is 11.8 Å². The van der Waals surface area contributed by atoms with Crippen molar-refractivity contribution in [2.75, 3.05) is 7.11 Å². The molecule has 0 atom stereocenters. The molecular weight excluding hydrogens is 208 g/mol. The molecule has 6 heteroatoms. The molecular formula is C8H5ClN2O3. The number of methoxy groups -OCH3 is 1. The molecule has 0 N–H and O–H groups in total. The second-order valence-corrected chi connectivity index (χ2v) is 2.73. The van der Waals surface area contributed by atoms with Crippen molar-refractivity contribution < 1.29 is 9.66 Å². The Labute approximate surface area is 84.6 Å². The molecule has 0 amide bonds. The highest BCUT2D eigenvalue weighted by atomic mass is 35.5. The summed E-state index contributed by atoms with van der Waals surface area (Å²) in [6.07, 6.45) is 0. The van der Waals surface area contributed by atoms with Gasteiger partial charge in [-0.05, 0) is 6.07 Å². The van der Waals surface area contributed by atoms with E-state index in [1.54, 1.807) is 0 Å². The van der Waals surface area contributed by atoms with Crippen molar-refractivity contribution >= 4 is 17.3 Å². The molecule has 0 spiro atoms. The molecule has 0 saturated heterocycles. The van der Waals surface area contributed by atoms with Gasteiger partial charge < -0.3 is 4.74 Å². The van der Waals surface area contributed by atoms with Crippen molar-refractivity contribution in [2.24, 2.45) is 0 Å². The van der Waals surface area contributed by atoms with Gasteiger partial charge in [0.15, 0.2) is 10.8 Å². The quantitative estimate of drug-likeness (QED) is 0.556. The maximum atomic E-state index is 10.5. The summed E-state index contributed by atoms with van der Waals surface area (Å²) in [5, 5.41) is 19.0. The van der Waals surface area contributed by atoms with Gasteiger partial charge in [0, 0.05) is 6.07 Å². The third-order valence-corrected chi connectivity index (χ3v) is 1.96. The molecule has 0 aliphatic rings. The molecule has 1 aromatic carbocycles. The van der Waals surface area contributed by atoms with Gasteiger partial charge in [-0.15, -0.1) is 0 Å². The number of nitrogens with zero attached hydrogens (tertiary/aromatic N) is 2. The van der Waals surface area contributed by atoms with Gasteiger partial charge in [-0.3, -0.25) is 10.1 Å². The van der Waals surface area contributed by atoms with E-state index >= 15 is 0 Å². The molecule has 0 bridgehead atoms. The third kappa shape index (κ3) is 1.60. The van der Waals surface area contributed by atoms with E-state index in [0.717, 1.165) is 0 Å². The third-order valence-electron chi connectivity index (χ3n) is 1.60. The van der Waals surface area contributed by atoms with Crippen LogP contribution in [0.15, 0.2) is 12.1 Å². The van der Waals surface area contributed by atoms with Crippen LogP contribution in [0.1, 0.15) is 5.56 Å². The summed E-state index contributed by atoms with van der Waals surface area (Å²) in [6, 6.07) is 4.29. The number of rotatable bonds is 2. The number of halogens is 1. The fraction of sp³-hybridized carbons (Fsp3) is 0.125. The Morgan fingerprint density at radius 2 is 2.29 bits per heavy atom. The molecule has 1 aromatic rings. The van der Waals surface area contributed by atoms with Crippen molar-refractivity contribution in [3.63, 3.8) is 0 Å². The fourth-order valence-corrected chi connectivity index (χ4v) is 1.29. The van der Waals surface area contributed by atoms with Gasteiger partial charge in [0.05, 0.1) is 17.6 Å². The Morgan fingerprint density at radius 3 is 2.71 bits per heavy atom. The maximum Gasteiger partial charge on any atom is 0.291 e. The van der Waals surface area contributed by atoms with E-state index in [0.29, 0.717) is 0 Å². The van der Waals surface area contributed by atoms with Crippen LogP contribution in [0, 0.1) is 21.4 Å². The second-order valence-electron chi connectivity index (χ2n) is 2.35. The van der Waals surface area contributed by atoms with Gasteiger partial charge in [0.2, 0.25) is 0 Å². The number of hydrogen-bond donors (Lipinski definition) is 0. The zero-order chi connectivity index (χ0) is 10.7. The van der Waals surface area contributed by atoms with Crippen LogP contribution in [0.5, 0.6) is 5.75 Å². The largest absolute Gasteiger partial charge is 0.494 e. The molecule has 1 rings (SSSR count). The molecule has 0 radical (unpaired) electrons. The van der Waals surface area contributed by atoms with Gasteiger partial charge in [-0.2, -0.15) is 5.26 Å². The first kappa shape index (κ1) is 10.3. The van der Waals surface area contributed by atoms with Crippen molar-refractivity contribution in [2.45, 2.75) is 0 Å². The molecule has 5 nitrogen and oxygen atoms in total. The normalized spacial score (nSPS) is 9.21. The van der Waals surface area contributed by atoms with Gasteiger partial charge >= 0.3 is 0 Å². The summed E-state index contributed by atoms with van der Waals surface area (Å²) in [5.41, 5.74) is -0.106. The van der Waals surface area contributed by atoms with Crippen LogP contribution in [0.2, 0.25) is 5.02 Å². The van der Waals surface area contributed by atoms with E-state index in [4.69, 9.17) is 21.6 Å². The van der Waals surface area contributed by atoms with Gasteiger partial charge in [-0.1, -0.05) is 11.6 Å². The lowest BCUT2D eigenvalue weighted by Gasteiger charge is -2.04. The highest BCUT2D eigenvalue weighted by Crippen LogP contribution is 2.35.